The first-order chi connectivity index (χ1) is 15.9. The van der Waals surface area contributed by atoms with Gasteiger partial charge < -0.3 is 14.9 Å². The van der Waals surface area contributed by atoms with E-state index in [4.69, 9.17) is 9.72 Å². The molecule has 0 saturated heterocycles. The first kappa shape index (κ1) is 23.8. The highest BCUT2D eigenvalue weighted by Gasteiger charge is 2.54. The Morgan fingerprint density at radius 1 is 1.03 bits per heavy atom. The third-order valence-electron chi connectivity index (χ3n) is 7.94. The molecule has 2 N–H and O–H groups in total. The van der Waals surface area contributed by atoms with Crippen LogP contribution in [0.1, 0.15) is 123 Å². The van der Waals surface area contributed by atoms with E-state index in [0.717, 1.165) is 54.6 Å². The van der Waals surface area contributed by atoms with Gasteiger partial charge >= 0.3 is 6.18 Å². The quantitative estimate of drug-likeness (QED) is 0.513. The van der Waals surface area contributed by atoms with Crippen molar-refractivity contribution >= 4 is 0 Å². The smallest absolute Gasteiger partial charge is 0.388 e. The van der Waals surface area contributed by atoms with Gasteiger partial charge in [-0.3, -0.25) is 4.98 Å². The molecule has 5 rings (SSSR count). The van der Waals surface area contributed by atoms with E-state index in [-0.39, 0.29) is 5.92 Å². The molecule has 1 aromatic heterocycles. The van der Waals surface area contributed by atoms with Crippen LogP contribution in [0.4, 0.5) is 13.2 Å². The summed E-state index contributed by atoms with van der Waals surface area (Å²) in [6.45, 7) is 7.91. The predicted octanol–water partition coefficient (Wildman–Crippen LogP) is 6.61. The molecular formula is C27H32F3NO3. The average molecular weight is 476 g/mol. The summed E-state index contributed by atoms with van der Waals surface area (Å²) < 4.78 is 46.3. The van der Waals surface area contributed by atoms with E-state index < -0.39 is 41.1 Å². The Kier molecular flexibility index (Phi) is 5.43. The number of pyridine rings is 1. The van der Waals surface area contributed by atoms with Crippen LogP contribution in [0.15, 0.2) is 24.3 Å². The van der Waals surface area contributed by atoms with Crippen LogP contribution >= 0.6 is 0 Å². The van der Waals surface area contributed by atoms with Gasteiger partial charge in [0.1, 0.15) is 12.2 Å². The Labute approximate surface area is 198 Å². The van der Waals surface area contributed by atoms with Crippen molar-refractivity contribution in [3.8, 4) is 0 Å². The summed E-state index contributed by atoms with van der Waals surface area (Å²) in [6, 6.07) is 5.17. The van der Waals surface area contributed by atoms with Crippen LogP contribution in [0.2, 0.25) is 0 Å². The molecule has 2 aliphatic carbocycles. The fourth-order valence-electron chi connectivity index (χ4n) is 6.21. The second kappa shape index (κ2) is 7.77. The normalized spacial score (nSPS) is 27.3. The van der Waals surface area contributed by atoms with Crippen LogP contribution in [-0.4, -0.2) is 15.2 Å². The third-order valence-corrected chi connectivity index (χ3v) is 7.94. The number of benzene rings is 1. The molecule has 2 aromatic rings. The second-order valence-corrected chi connectivity index (χ2v) is 11.2. The lowest BCUT2D eigenvalue weighted by Gasteiger charge is -2.41. The van der Waals surface area contributed by atoms with Gasteiger partial charge in [0.25, 0.3) is 0 Å². The second-order valence-electron chi connectivity index (χ2n) is 11.2. The summed E-state index contributed by atoms with van der Waals surface area (Å²) in [5, 5.41) is 22.5. The standard InChI is InChI=1S/C27H32F3NO3/c1-14(2)21-19-20(18-17(32)13-25(3,4)24(33)22(18)31-21)26(11-5-6-12-26)34-23(19)15-7-9-16(10-8-15)27(28,29)30/h7-10,14,17,23-24,32-33H,5-6,11-13H2,1-4H3/t17?,23?,24-/m1/s1. The molecule has 34 heavy (non-hydrogen) atoms. The van der Waals surface area contributed by atoms with Crippen LogP contribution < -0.4 is 0 Å². The van der Waals surface area contributed by atoms with Crippen molar-refractivity contribution in [1.82, 2.24) is 4.98 Å². The van der Waals surface area contributed by atoms with E-state index in [0.29, 0.717) is 23.2 Å². The van der Waals surface area contributed by atoms with Crippen LogP contribution in [0, 0.1) is 5.41 Å². The first-order valence-electron chi connectivity index (χ1n) is 12.1. The van der Waals surface area contributed by atoms with E-state index in [9.17, 15) is 23.4 Å². The van der Waals surface area contributed by atoms with Crippen molar-refractivity contribution in [2.75, 3.05) is 0 Å². The zero-order chi connectivity index (χ0) is 24.6. The Hall–Kier alpha value is -1.96. The third kappa shape index (κ3) is 3.50. The Bertz CT molecular complexity index is 1100. The van der Waals surface area contributed by atoms with Gasteiger partial charge in [0, 0.05) is 16.8 Å². The molecule has 1 spiro atoms. The van der Waals surface area contributed by atoms with Gasteiger partial charge in [0.15, 0.2) is 0 Å². The Morgan fingerprint density at radius 2 is 1.65 bits per heavy atom. The molecule has 0 bridgehead atoms. The van der Waals surface area contributed by atoms with E-state index in [1.165, 1.54) is 12.1 Å². The highest BCUT2D eigenvalue weighted by Crippen LogP contribution is 2.60. The number of rotatable bonds is 2. The van der Waals surface area contributed by atoms with Crippen molar-refractivity contribution < 1.29 is 28.1 Å². The Morgan fingerprint density at radius 3 is 2.21 bits per heavy atom. The molecule has 3 aliphatic rings. The zero-order valence-corrected chi connectivity index (χ0v) is 20.0. The molecule has 184 valence electrons. The molecular weight excluding hydrogens is 443 g/mol. The SMILES string of the molecule is CC(C)c1nc2c(c3c1C(c1ccc(C(F)(F)F)cc1)OC31CCCC1)C(O)CC(C)(C)[C@@H]2O. The summed E-state index contributed by atoms with van der Waals surface area (Å²) in [6.07, 6.45) is -2.69. The first-order valence-corrected chi connectivity index (χ1v) is 12.1. The van der Waals surface area contributed by atoms with Gasteiger partial charge in [-0.25, -0.2) is 0 Å². The monoisotopic (exact) mass is 475 g/mol. The van der Waals surface area contributed by atoms with Gasteiger partial charge in [-0.05, 0) is 53.9 Å². The summed E-state index contributed by atoms with van der Waals surface area (Å²) in [5.74, 6) is 0.00512. The summed E-state index contributed by atoms with van der Waals surface area (Å²) in [7, 11) is 0. The molecule has 3 atom stereocenters. The molecule has 1 saturated carbocycles. The number of hydrogen-bond acceptors (Lipinski definition) is 4. The molecule has 1 fully saturated rings. The largest absolute Gasteiger partial charge is 0.416 e. The highest BCUT2D eigenvalue weighted by atomic mass is 19.4. The maximum absolute atomic E-state index is 13.2. The number of hydrogen-bond donors (Lipinski definition) is 2. The fraction of sp³-hybridized carbons (Fsp3) is 0.593. The van der Waals surface area contributed by atoms with Gasteiger partial charge in [-0.2, -0.15) is 13.2 Å². The van der Waals surface area contributed by atoms with Crippen molar-refractivity contribution in [2.24, 2.45) is 5.41 Å². The number of aromatic nitrogens is 1. The average Bonchev–Trinajstić information content (AvgIpc) is 3.36. The summed E-state index contributed by atoms with van der Waals surface area (Å²) in [5.41, 5.74) is 2.56. The van der Waals surface area contributed by atoms with Gasteiger partial charge in [-0.15, -0.1) is 0 Å². The topological polar surface area (TPSA) is 62.6 Å². The van der Waals surface area contributed by atoms with Crippen molar-refractivity contribution in [3.05, 3.63) is 63.5 Å². The lowest BCUT2D eigenvalue weighted by atomic mass is 9.69. The maximum atomic E-state index is 13.2. The van der Waals surface area contributed by atoms with Crippen LogP contribution in [0.25, 0.3) is 0 Å². The van der Waals surface area contributed by atoms with E-state index in [2.05, 4.69) is 0 Å². The minimum atomic E-state index is -4.41. The lowest BCUT2D eigenvalue weighted by molar-refractivity contribution is -0.137. The minimum absolute atomic E-state index is 0.00512. The Balaban J connectivity index is 1.76. The highest BCUT2D eigenvalue weighted by molar-refractivity contribution is 5.55. The number of aliphatic hydroxyl groups is 2. The van der Waals surface area contributed by atoms with Crippen molar-refractivity contribution in [2.45, 2.75) is 95.8 Å². The molecule has 0 amide bonds. The zero-order valence-electron chi connectivity index (χ0n) is 20.0. The molecule has 1 aromatic carbocycles. The van der Waals surface area contributed by atoms with Gasteiger partial charge in [0.2, 0.25) is 0 Å². The molecule has 0 radical (unpaired) electrons. The number of nitrogens with zero attached hydrogens (tertiary/aromatic N) is 1. The van der Waals surface area contributed by atoms with Crippen LogP contribution in [0.5, 0.6) is 0 Å². The molecule has 1 aliphatic heterocycles. The lowest BCUT2D eigenvalue weighted by Crippen LogP contribution is -2.35. The number of ether oxygens (including phenoxy) is 1. The number of halogens is 3. The summed E-state index contributed by atoms with van der Waals surface area (Å²) in [4.78, 5) is 4.93. The molecule has 2 heterocycles. The maximum Gasteiger partial charge on any atom is 0.416 e. The minimum Gasteiger partial charge on any atom is -0.388 e. The van der Waals surface area contributed by atoms with Crippen LogP contribution in [-0.2, 0) is 16.5 Å². The molecule has 2 unspecified atom stereocenters. The van der Waals surface area contributed by atoms with E-state index in [1.54, 1.807) is 0 Å². The van der Waals surface area contributed by atoms with Crippen molar-refractivity contribution in [1.29, 1.82) is 0 Å². The van der Waals surface area contributed by atoms with Crippen LogP contribution in [0.3, 0.4) is 0 Å². The number of aliphatic hydroxyl groups excluding tert-OH is 2. The predicted molar refractivity (Wildman–Crippen MR) is 121 cm³/mol. The van der Waals surface area contributed by atoms with Crippen molar-refractivity contribution in [3.63, 3.8) is 0 Å². The van der Waals surface area contributed by atoms with Gasteiger partial charge in [0.05, 0.1) is 23.0 Å². The molecule has 7 heteroatoms. The summed E-state index contributed by atoms with van der Waals surface area (Å²) >= 11 is 0. The van der Waals surface area contributed by atoms with Gasteiger partial charge in [-0.1, -0.05) is 52.7 Å². The molecule has 4 nitrogen and oxygen atoms in total. The van der Waals surface area contributed by atoms with E-state index in [1.807, 2.05) is 27.7 Å². The number of alkyl halides is 3. The van der Waals surface area contributed by atoms with E-state index >= 15 is 0 Å². The fourth-order valence-corrected chi connectivity index (χ4v) is 6.21. The number of fused-ring (bicyclic) bond motifs is 4.